The Labute approximate surface area is 123 Å². The number of halogens is 2. The Bertz CT molecular complexity index is 491. The van der Waals surface area contributed by atoms with Gasteiger partial charge in [0.1, 0.15) is 11.6 Å². The number of hydrogen-bond acceptors (Lipinski definition) is 3. The molecule has 116 valence electrons. The van der Waals surface area contributed by atoms with E-state index in [0.717, 1.165) is 12.1 Å². The number of carbonyl (C=O) groups excluding carboxylic acids is 1. The molecule has 4 nitrogen and oxygen atoms in total. The van der Waals surface area contributed by atoms with Crippen molar-refractivity contribution in [3.05, 3.63) is 29.3 Å². The van der Waals surface area contributed by atoms with Crippen molar-refractivity contribution in [3.8, 4) is 0 Å². The fourth-order valence-corrected chi connectivity index (χ4v) is 2.37. The van der Waals surface area contributed by atoms with Gasteiger partial charge in [0.05, 0.1) is 19.8 Å². The average molecular weight is 298 g/mol. The Hall–Kier alpha value is -1.53. The summed E-state index contributed by atoms with van der Waals surface area (Å²) in [5, 5.41) is 2.54. The summed E-state index contributed by atoms with van der Waals surface area (Å²) in [6.07, 6.45) is 0. The molecule has 0 saturated carbocycles. The van der Waals surface area contributed by atoms with Crippen LogP contribution in [-0.2, 0) is 9.53 Å². The first-order valence-electron chi connectivity index (χ1n) is 7.06. The maximum Gasteiger partial charge on any atom is 0.238 e. The highest BCUT2D eigenvalue weighted by Crippen LogP contribution is 2.25. The van der Waals surface area contributed by atoms with Crippen molar-refractivity contribution >= 4 is 11.6 Å². The lowest BCUT2D eigenvalue weighted by Crippen LogP contribution is -2.41. The number of nitrogens with one attached hydrogen (secondary N) is 1. The quantitative estimate of drug-likeness (QED) is 0.928. The van der Waals surface area contributed by atoms with Gasteiger partial charge in [-0.05, 0) is 18.1 Å². The minimum absolute atomic E-state index is 0.0428. The molecular formula is C15H20F2N2O2. The van der Waals surface area contributed by atoms with Crippen molar-refractivity contribution < 1.29 is 18.3 Å². The van der Waals surface area contributed by atoms with Crippen LogP contribution < -0.4 is 5.32 Å². The molecule has 0 bridgehead atoms. The molecule has 6 heteroatoms. The zero-order chi connectivity index (χ0) is 15.4. The van der Waals surface area contributed by atoms with Crippen LogP contribution in [-0.4, -0.2) is 43.7 Å². The maximum atomic E-state index is 13.9. The van der Waals surface area contributed by atoms with Gasteiger partial charge in [0, 0.05) is 24.3 Å². The van der Waals surface area contributed by atoms with Crippen molar-refractivity contribution in [2.24, 2.45) is 0 Å². The molecule has 0 spiro atoms. The number of amides is 1. The number of rotatable bonds is 4. The number of ether oxygens (including phenoxy) is 1. The smallest absolute Gasteiger partial charge is 0.238 e. The number of benzene rings is 1. The van der Waals surface area contributed by atoms with Gasteiger partial charge >= 0.3 is 0 Å². The van der Waals surface area contributed by atoms with E-state index in [1.807, 2.05) is 4.90 Å². The molecule has 0 unspecified atom stereocenters. The molecule has 1 amide bonds. The molecule has 1 aliphatic rings. The van der Waals surface area contributed by atoms with Crippen LogP contribution in [0.3, 0.4) is 0 Å². The lowest BCUT2D eigenvalue weighted by atomic mass is 10.0. The maximum absolute atomic E-state index is 13.9. The van der Waals surface area contributed by atoms with Crippen LogP contribution in [0.4, 0.5) is 14.5 Å². The van der Waals surface area contributed by atoms with Gasteiger partial charge in [-0.2, -0.15) is 0 Å². The Kier molecular flexibility index (Phi) is 5.25. The monoisotopic (exact) mass is 298 g/mol. The van der Waals surface area contributed by atoms with Crippen molar-refractivity contribution in [2.75, 3.05) is 38.2 Å². The molecule has 1 N–H and O–H groups in total. The summed E-state index contributed by atoms with van der Waals surface area (Å²) >= 11 is 0. The third kappa shape index (κ3) is 4.22. The summed E-state index contributed by atoms with van der Waals surface area (Å²) in [5.41, 5.74) is 0.189. The predicted molar refractivity (Wildman–Crippen MR) is 76.3 cm³/mol. The highest BCUT2D eigenvalue weighted by Gasteiger charge is 2.17. The van der Waals surface area contributed by atoms with E-state index in [1.54, 1.807) is 13.8 Å². The van der Waals surface area contributed by atoms with Crippen molar-refractivity contribution in [1.82, 2.24) is 4.90 Å². The summed E-state index contributed by atoms with van der Waals surface area (Å²) in [5.74, 6) is -1.80. The van der Waals surface area contributed by atoms with E-state index in [9.17, 15) is 13.6 Å². The third-order valence-electron chi connectivity index (χ3n) is 3.41. The lowest BCUT2D eigenvalue weighted by Gasteiger charge is -2.25. The van der Waals surface area contributed by atoms with E-state index in [4.69, 9.17) is 4.74 Å². The minimum Gasteiger partial charge on any atom is -0.379 e. The van der Waals surface area contributed by atoms with E-state index in [0.29, 0.717) is 26.3 Å². The fraction of sp³-hybridized carbons (Fsp3) is 0.533. The number of morpholine rings is 1. The zero-order valence-electron chi connectivity index (χ0n) is 12.3. The topological polar surface area (TPSA) is 41.6 Å². The summed E-state index contributed by atoms with van der Waals surface area (Å²) in [6.45, 7) is 6.19. The summed E-state index contributed by atoms with van der Waals surface area (Å²) in [6, 6.07) is 2.32. The predicted octanol–water partition coefficient (Wildman–Crippen LogP) is 2.36. The second-order valence-corrected chi connectivity index (χ2v) is 5.44. The van der Waals surface area contributed by atoms with Crippen LogP contribution in [0.5, 0.6) is 0 Å². The summed E-state index contributed by atoms with van der Waals surface area (Å²) in [4.78, 5) is 13.8. The average Bonchev–Trinajstić information content (AvgIpc) is 2.38. The van der Waals surface area contributed by atoms with Gasteiger partial charge in [0.15, 0.2) is 0 Å². The van der Waals surface area contributed by atoms with E-state index >= 15 is 0 Å². The third-order valence-corrected chi connectivity index (χ3v) is 3.41. The van der Waals surface area contributed by atoms with Gasteiger partial charge in [-0.15, -0.1) is 0 Å². The molecule has 1 aromatic rings. The van der Waals surface area contributed by atoms with Gasteiger partial charge in [-0.3, -0.25) is 9.69 Å². The molecule has 0 radical (unpaired) electrons. The lowest BCUT2D eigenvalue weighted by molar-refractivity contribution is -0.118. The molecule has 1 heterocycles. The Morgan fingerprint density at radius 3 is 2.38 bits per heavy atom. The van der Waals surface area contributed by atoms with Gasteiger partial charge in [0.25, 0.3) is 0 Å². The van der Waals surface area contributed by atoms with Gasteiger partial charge in [-0.25, -0.2) is 8.78 Å². The molecule has 2 rings (SSSR count). The second kappa shape index (κ2) is 6.95. The van der Waals surface area contributed by atoms with Crippen molar-refractivity contribution in [3.63, 3.8) is 0 Å². The summed E-state index contributed by atoms with van der Waals surface area (Å²) < 4.78 is 32.9. The van der Waals surface area contributed by atoms with E-state index < -0.39 is 11.6 Å². The number of anilines is 1. The highest BCUT2D eigenvalue weighted by atomic mass is 19.1. The molecule has 1 saturated heterocycles. The van der Waals surface area contributed by atoms with Crippen LogP contribution in [0.25, 0.3) is 0 Å². The second-order valence-electron chi connectivity index (χ2n) is 5.44. The zero-order valence-corrected chi connectivity index (χ0v) is 12.3. The SMILES string of the molecule is CC(C)c1c(F)cc(NC(=O)CN2CCOCC2)cc1F. The van der Waals surface area contributed by atoms with E-state index in [1.165, 1.54) is 0 Å². The van der Waals surface area contributed by atoms with E-state index in [2.05, 4.69) is 5.32 Å². The number of carbonyl (C=O) groups is 1. The van der Waals surface area contributed by atoms with Crippen LogP contribution in [0, 0.1) is 11.6 Å². The number of hydrogen-bond donors (Lipinski definition) is 1. The first-order valence-corrected chi connectivity index (χ1v) is 7.06. The Morgan fingerprint density at radius 1 is 1.29 bits per heavy atom. The standard InChI is InChI=1S/C15H20F2N2O2/c1-10(2)15-12(16)7-11(8-13(15)17)18-14(20)9-19-3-5-21-6-4-19/h7-8,10H,3-6,9H2,1-2H3,(H,18,20). The van der Waals surface area contributed by atoms with E-state index in [-0.39, 0.29) is 29.6 Å². The van der Waals surface area contributed by atoms with Crippen molar-refractivity contribution in [2.45, 2.75) is 19.8 Å². The van der Waals surface area contributed by atoms with Gasteiger partial charge < -0.3 is 10.1 Å². The Balaban J connectivity index is 2.00. The molecule has 1 aliphatic heterocycles. The number of nitrogens with zero attached hydrogens (tertiary/aromatic N) is 1. The van der Waals surface area contributed by atoms with Crippen LogP contribution in [0.1, 0.15) is 25.3 Å². The largest absolute Gasteiger partial charge is 0.379 e. The molecule has 0 atom stereocenters. The normalized spacial score (nSPS) is 16.2. The first kappa shape index (κ1) is 15.9. The Morgan fingerprint density at radius 2 is 1.86 bits per heavy atom. The van der Waals surface area contributed by atoms with Gasteiger partial charge in [-0.1, -0.05) is 13.8 Å². The van der Waals surface area contributed by atoms with Crippen LogP contribution in [0.2, 0.25) is 0 Å². The molecule has 21 heavy (non-hydrogen) atoms. The van der Waals surface area contributed by atoms with Gasteiger partial charge in [0.2, 0.25) is 5.91 Å². The highest BCUT2D eigenvalue weighted by molar-refractivity contribution is 5.92. The summed E-state index contributed by atoms with van der Waals surface area (Å²) in [7, 11) is 0. The fourth-order valence-electron chi connectivity index (χ4n) is 2.37. The minimum atomic E-state index is -0.633. The molecular weight excluding hydrogens is 278 g/mol. The first-order chi connectivity index (χ1) is 9.97. The molecule has 1 aromatic carbocycles. The molecule has 1 fully saturated rings. The van der Waals surface area contributed by atoms with Crippen LogP contribution >= 0.6 is 0 Å². The molecule has 0 aromatic heterocycles. The van der Waals surface area contributed by atoms with Crippen molar-refractivity contribution in [1.29, 1.82) is 0 Å². The van der Waals surface area contributed by atoms with Crippen LogP contribution in [0.15, 0.2) is 12.1 Å². The molecule has 0 aliphatic carbocycles.